The summed E-state index contributed by atoms with van der Waals surface area (Å²) in [4.78, 5) is 9.25. The minimum Gasteiger partial charge on any atom is -0.447 e. The highest BCUT2D eigenvalue weighted by molar-refractivity contribution is 5.46. The largest absolute Gasteiger partial charge is 0.447 e. The van der Waals surface area contributed by atoms with Crippen molar-refractivity contribution in [2.45, 2.75) is 38.8 Å². The van der Waals surface area contributed by atoms with E-state index in [1.807, 2.05) is 0 Å². The number of nitrogens with zero attached hydrogens (tertiary/aromatic N) is 3. The number of benzene rings is 1. The lowest BCUT2D eigenvalue weighted by atomic mass is 9.93. The Morgan fingerprint density at radius 3 is 2.52 bits per heavy atom. The van der Waals surface area contributed by atoms with E-state index in [9.17, 15) is 0 Å². The smallest absolute Gasteiger partial charge is 0.214 e. The first kappa shape index (κ1) is 18.0. The van der Waals surface area contributed by atoms with Crippen LogP contribution in [0.15, 0.2) is 34.9 Å². The van der Waals surface area contributed by atoms with Crippen LogP contribution in [0.4, 0.5) is 5.69 Å². The van der Waals surface area contributed by atoms with E-state index >= 15 is 0 Å². The van der Waals surface area contributed by atoms with Crippen molar-refractivity contribution in [2.24, 2.45) is 0 Å². The highest BCUT2D eigenvalue weighted by Gasteiger charge is 2.30. The van der Waals surface area contributed by atoms with Crippen molar-refractivity contribution in [1.82, 2.24) is 9.88 Å². The van der Waals surface area contributed by atoms with Gasteiger partial charge in [0.1, 0.15) is 12.3 Å². The third-order valence-corrected chi connectivity index (χ3v) is 4.65. The Balaban J connectivity index is 1.75. The Kier molecular flexibility index (Phi) is 5.16. The van der Waals surface area contributed by atoms with Crippen molar-refractivity contribution >= 4 is 5.69 Å². The molecule has 1 saturated heterocycles. The molecule has 3 rings (SSSR count). The van der Waals surface area contributed by atoms with Crippen molar-refractivity contribution in [3.05, 3.63) is 47.7 Å². The Morgan fingerprint density at radius 2 is 1.92 bits per heavy atom. The van der Waals surface area contributed by atoms with E-state index in [4.69, 9.17) is 14.1 Å². The average Bonchev–Trinajstić information content (AvgIpc) is 3.06. The third-order valence-electron chi connectivity index (χ3n) is 4.65. The van der Waals surface area contributed by atoms with Crippen LogP contribution >= 0.6 is 0 Å². The molecule has 0 radical (unpaired) electrons. The molecule has 2 heterocycles. The summed E-state index contributed by atoms with van der Waals surface area (Å²) in [6.45, 7) is 9.57. The zero-order valence-corrected chi connectivity index (χ0v) is 16.0. The van der Waals surface area contributed by atoms with Gasteiger partial charge in [-0.05, 0) is 17.7 Å². The predicted octanol–water partition coefficient (Wildman–Crippen LogP) is 3.61. The van der Waals surface area contributed by atoms with Gasteiger partial charge in [-0.25, -0.2) is 4.98 Å². The van der Waals surface area contributed by atoms with Crippen LogP contribution in [0.2, 0.25) is 0 Å². The van der Waals surface area contributed by atoms with E-state index in [1.165, 1.54) is 11.3 Å². The standard InChI is InChI=1S/C20H29N3O2/c1-20(2,3)18-14-25-19(21-18)17-13-24-11-10-23(17)12-15-6-8-16(9-7-15)22(4)5/h6-9,14,17H,10-13H2,1-5H3/t17-/m0/s1. The van der Waals surface area contributed by atoms with Crippen LogP contribution in [-0.2, 0) is 16.7 Å². The lowest BCUT2D eigenvalue weighted by molar-refractivity contribution is -0.0223. The summed E-state index contributed by atoms with van der Waals surface area (Å²) in [6.07, 6.45) is 1.79. The molecule has 136 valence electrons. The van der Waals surface area contributed by atoms with Crippen molar-refractivity contribution in [3.8, 4) is 0 Å². The Hall–Kier alpha value is -1.85. The second-order valence-corrected chi connectivity index (χ2v) is 7.94. The minimum atomic E-state index is -0.00981. The lowest BCUT2D eigenvalue weighted by Gasteiger charge is -2.33. The molecular formula is C20H29N3O2. The van der Waals surface area contributed by atoms with Crippen molar-refractivity contribution in [1.29, 1.82) is 0 Å². The van der Waals surface area contributed by atoms with Gasteiger partial charge in [0.15, 0.2) is 0 Å². The fourth-order valence-electron chi connectivity index (χ4n) is 2.97. The molecule has 0 N–H and O–H groups in total. The van der Waals surface area contributed by atoms with E-state index in [0.29, 0.717) is 6.61 Å². The molecule has 1 fully saturated rings. The first-order valence-corrected chi connectivity index (χ1v) is 8.88. The van der Waals surface area contributed by atoms with Crippen LogP contribution in [0.5, 0.6) is 0 Å². The number of anilines is 1. The van der Waals surface area contributed by atoms with Gasteiger partial charge < -0.3 is 14.1 Å². The zero-order valence-electron chi connectivity index (χ0n) is 16.0. The second-order valence-electron chi connectivity index (χ2n) is 7.94. The molecule has 5 nitrogen and oxygen atoms in total. The normalized spacial score (nSPS) is 19.2. The van der Waals surface area contributed by atoms with E-state index in [2.05, 4.69) is 68.9 Å². The van der Waals surface area contributed by atoms with Gasteiger partial charge in [-0.3, -0.25) is 4.90 Å². The maximum atomic E-state index is 5.81. The molecule has 1 aromatic heterocycles. The summed E-state index contributed by atoms with van der Waals surface area (Å²) in [5.74, 6) is 0.759. The summed E-state index contributed by atoms with van der Waals surface area (Å²) >= 11 is 0. The minimum absolute atomic E-state index is 0.00981. The maximum absolute atomic E-state index is 5.81. The van der Waals surface area contributed by atoms with Gasteiger partial charge in [-0.15, -0.1) is 0 Å². The van der Waals surface area contributed by atoms with Crippen LogP contribution in [0.1, 0.15) is 44.0 Å². The molecule has 1 atom stereocenters. The van der Waals surface area contributed by atoms with E-state index in [0.717, 1.165) is 31.3 Å². The molecule has 0 aliphatic carbocycles. The van der Waals surface area contributed by atoms with Gasteiger partial charge in [-0.2, -0.15) is 0 Å². The molecule has 1 aliphatic rings. The molecule has 0 saturated carbocycles. The Bertz CT molecular complexity index is 686. The number of ether oxygens (including phenoxy) is 1. The van der Waals surface area contributed by atoms with Gasteiger partial charge in [0.05, 0.1) is 18.9 Å². The van der Waals surface area contributed by atoms with Crippen LogP contribution in [-0.4, -0.2) is 43.7 Å². The zero-order chi connectivity index (χ0) is 18.0. The predicted molar refractivity (Wildman–Crippen MR) is 99.9 cm³/mol. The van der Waals surface area contributed by atoms with Gasteiger partial charge in [0.2, 0.25) is 5.89 Å². The molecule has 1 aliphatic heterocycles. The van der Waals surface area contributed by atoms with Gasteiger partial charge in [-0.1, -0.05) is 32.9 Å². The first-order valence-electron chi connectivity index (χ1n) is 8.88. The van der Waals surface area contributed by atoms with Crippen LogP contribution in [0, 0.1) is 0 Å². The first-order chi connectivity index (χ1) is 11.8. The van der Waals surface area contributed by atoms with E-state index in [1.54, 1.807) is 6.26 Å². The molecule has 2 aromatic rings. The number of oxazole rings is 1. The number of rotatable bonds is 4. The van der Waals surface area contributed by atoms with Crippen LogP contribution in [0.25, 0.3) is 0 Å². The van der Waals surface area contributed by atoms with E-state index < -0.39 is 0 Å². The summed E-state index contributed by atoms with van der Waals surface area (Å²) in [5, 5.41) is 0. The van der Waals surface area contributed by atoms with Crippen LogP contribution in [0.3, 0.4) is 0 Å². The Labute approximate surface area is 150 Å². The van der Waals surface area contributed by atoms with Crippen LogP contribution < -0.4 is 4.90 Å². The third kappa shape index (κ3) is 4.22. The average molecular weight is 343 g/mol. The highest BCUT2D eigenvalue weighted by atomic mass is 16.5. The Morgan fingerprint density at radius 1 is 1.20 bits per heavy atom. The quantitative estimate of drug-likeness (QED) is 0.848. The molecule has 0 unspecified atom stereocenters. The molecule has 25 heavy (non-hydrogen) atoms. The fraction of sp³-hybridized carbons (Fsp3) is 0.550. The maximum Gasteiger partial charge on any atom is 0.214 e. The molecule has 5 heteroatoms. The topological polar surface area (TPSA) is 41.7 Å². The summed E-state index contributed by atoms with van der Waals surface area (Å²) in [7, 11) is 4.12. The number of aromatic nitrogens is 1. The lowest BCUT2D eigenvalue weighted by Crippen LogP contribution is -2.39. The summed E-state index contributed by atoms with van der Waals surface area (Å²) in [5.41, 5.74) is 3.48. The summed E-state index contributed by atoms with van der Waals surface area (Å²) < 4.78 is 11.5. The van der Waals surface area contributed by atoms with Gasteiger partial charge in [0, 0.05) is 38.3 Å². The van der Waals surface area contributed by atoms with Gasteiger partial charge in [0.25, 0.3) is 0 Å². The second kappa shape index (κ2) is 7.18. The van der Waals surface area contributed by atoms with Crippen molar-refractivity contribution < 1.29 is 9.15 Å². The van der Waals surface area contributed by atoms with Crippen molar-refractivity contribution in [2.75, 3.05) is 38.8 Å². The van der Waals surface area contributed by atoms with Crippen molar-refractivity contribution in [3.63, 3.8) is 0 Å². The molecular weight excluding hydrogens is 314 g/mol. The highest BCUT2D eigenvalue weighted by Crippen LogP contribution is 2.29. The van der Waals surface area contributed by atoms with E-state index in [-0.39, 0.29) is 11.5 Å². The molecule has 0 spiro atoms. The SMILES string of the molecule is CN(C)c1ccc(CN2CCOC[C@H]2c2nc(C(C)(C)C)co2)cc1. The monoisotopic (exact) mass is 343 g/mol. The number of hydrogen-bond acceptors (Lipinski definition) is 5. The molecule has 0 amide bonds. The number of morpholine rings is 1. The number of hydrogen-bond donors (Lipinski definition) is 0. The molecule has 0 bridgehead atoms. The molecule has 1 aromatic carbocycles. The fourth-order valence-corrected chi connectivity index (χ4v) is 2.97. The van der Waals surface area contributed by atoms with Gasteiger partial charge >= 0.3 is 0 Å². The summed E-state index contributed by atoms with van der Waals surface area (Å²) in [6, 6.07) is 8.77.